The molecule has 0 unspecified atom stereocenters. The Kier molecular flexibility index (Phi) is 7.72. The number of nitrogens with one attached hydrogen (secondary N) is 2. The van der Waals surface area contributed by atoms with E-state index in [1.54, 1.807) is 14.2 Å². The zero-order chi connectivity index (χ0) is 20.5. The lowest BCUT2D eigenvalue weighted by atomic mass is 10.1. The summed E-state index contributed by atoms with van der Waals surface area (Å²) >= 11 is 1.42. The number of imidazole rings is 1. The average molecular weight is 412 g/mol. The molecule has 1 aromatic heterocycles. The number of benzene rings is 2. The summed E-state index contributed by atoms with van der Waals surface area (Å²) in [6, 6.07) is 17.7. The Morgan fingerprint density at radius 3 is 2.52 bits per heavy atom. The molecule has 6 nitrogen and oxygen atoms in total. The Balaban J connectivity index is 1.78. The van der Waals surface area contributed by atoms with Gasteiger partial charge in [0.2, 0.25) is 5.91 Å². The maximum Gasteiger partial charge on any atom is 0.230 e. The van der Waals surface area contributed by atoms with Gasteiger partial charge in [0, 0.05) is 31.4 Å². The molecule has 0 aliphatic carbocycles. The van der Waals surface area contributed by atoms with Gasteiger partial charge >= 0.3 is 0 Å². The highest BCUT2D eigenvalue weighted by Crippen LogP contribution is 2.33. The molecule has 0 bridgehead atoms. The van der Waals surface area contributed by atoms with Gasteiger partial charge in [0.05, 0.1) is 18.6 Å². The molecule has 152 valence electrons. The van der Waals surface area contributed by atoms with E-state index in [4.69, 9.17) is 14.5 Å². The molecule has 0 aliphatic heterocycles. The predicted octanol–water partition coefficient (Wildman–Crippen LogP) is 4.00. The van der Waals surface area contributed by atoms with Crippen molar-refractivity contribution in [3.05, 3.63) is 54.6 Å². The van der Waals surface area contributed by atoms with Crippen molar-refractivity contribution in [2.75, 3.05) is 33.1 Å². The molecule has 0 saturated heterocycles. The van der Waals surface area contributed by atoms with Gasteiger partial charge in [0.15, 0.2) is 0 Å². The van der Waals surface area contributed by atoms with Crippen LogP contribution in [0.2, 0.25) is 0 Å². The van der Waals surface area contributed by atoms with Gasteiger partial charge in [0.1, 0.15) is 16.6 Å². The summed E-state index contributed by atoms with van der Waals surface area (Å²) in [5.74, 6) is 1.85. The van der Waals surface area contributed by atoms with Crippen molar-refractivity contribution in [1.82, 2.24) is 15.3 Å². The number of carbonyl (C=O) groups is 1. The van der Waals surface area contributed by atoms with Gasteiger partial charge in [-0.1, -0.05) is 42.1 Å². The SMILES string of the molecule is COCCCNC(=O)CSc1nc(-c2ccccc2)[nH]c1-c1ccc(OC)cc1. The number of methoxy groups -OCH3 is 2. The number of carbonyl (C=O) groups excluding carboxylic acids is 1. The number of thioether (sulfide) groups is 1. The first-order valence-electron chi connectivity index (χ1n) is 9.39. The highest BCUT2D eigenvalue weighted by atomic mass is 32.2. The van der Waals surface area contributed by atoms with Crippen LogP contribution in [0.15, 0.2) is 59.6 Å². The first-order chi connectivity index (χ1) is 14.2. The summed E-state index contributed by atoms with van der Waals surface area (Å²) in [5, 5.41) is 3.70. The Labute approximate surface area is 175 Å². The molecule has 1 amide bonds. The van der Waals surface area contributed by atoms with Crippen molar-refractivity contribution in [2.45, 2.75) is 11.4 Å². The predicted molar refractivity (Wildman–Crippen MR) is 116 cm³/mol. The van der Waals surface area contributed by atoms with Crippen LogP contribution in [0.4, 0.5) is 0 Å². The molecule has 0 saturated carbocycles. The standard InChI is InChI=1S/C22H25N3O3S/c1-27-14-6-13-23-19(26)15-29-22-20(16-9-11-18(28-2)12-10-16)24-21(25-22)17-7-4-3-5-8-17/h3-5,7-12H,6,13-15H2,1-2H3,(H,23,26)(H,24,25). The van der Waals surface area contributed by atoms with E-state index in [0.29, 0.717) is 18.9 Å². The van der Waals surface area contributed by atoms with Gasteiger partial charge < -0.3 is 19.8 Å². The largest absolute Gasteiger partial charge is 0.497 e. The second-order valence-electron chi connectivity index (χ2n) is 6.35. The fraction of sp³-hybridized carbons (Fsp3) is 0.273. The van der Waals surface area contributed by atoms with Crippen molar-refractivity contribution in [1.29, 1.82) is 0 Å². The number of H-pyrrole nitrogens is 1. The lowest BCUT2D eigenvalue weighted by molar-refractivity contribution is -0.118. The zero-order valence-corrected chi connectivity index (χ0v) is 17.4. The van der Waals surface area contributed by atoms with Crippen molar-refractivity contribution in [3.63, 3.8) is 0 Å². The van der Waals surface area contributed by atoms with Crippen LogP contribution in [0.1, 0.15) is 6.42 Å². The smallest absolute Gasteiger partial charge is 0.230 e. The minimum atomic E-state index is -0.0176. The highest BCUT2D eigenvalue weighted by Gasteiger charge is 2.15. The van der Waals surface area contributed by atoms with Gasteiger partial charge in [0.25, 0.3) is 0 Å². The third-order valence-electron chi connectivity index (χ3n) is 4.28. The summed E-state index contributed by atoms with van der Waals surface area (Å²) in [6.45, 7) is 1.24. The zero-order valence-electron chi connectivity index (χ0n) is 16.6. The van der Waals surface area contributed by atoms with E-state index in [1.165, 1.54) is 11.8 Å². The summed E-state index contributed by atoms with van der Waals surface area (Å²) in [4.78, 5) is 20.3. The summed E-state index contributed by atoms with van der Waals surface area (Å²) in [6.07, 6.45) is 0.796. The third-order valence-corrected chi connectivity index (χ3v) is 5.26. The lowest BCUT2D eigenvalue weighted by Crippen LogP contribution is -2.26. The van der Waals surface area contributed by atoms with E-state index in [9.17, 15) is 4.79 Å². The number of nitrogens with zero attached hydrogens (tertiary/aromatic N) is 1. The summed E-state index contributed by atoms with van der Waals surface area (Å²) < 4.78 is 10.3. The Morgan fingerprint density at radius 1 is 1.07 bits per heavy atom. The molecular formula is C22H25N3O3S. The van der Waals surface area contributed by atoms with Crippen LogP contribution in [-0.4, -0.2) is 49.0 Å². The van der Waals surface area contributed by atoms with E-state index in [-0.39, 0.29) is 5.91 Å². The first kappa shape index (κ1) is 21.0. The number of hydrogen-bond donors (Lipinski definition) is 2. The molecule has 7 heteroatoms. The molecule has 0 atom stereocenters. The molecular weight excluding hydrogens is 386 g/mol. The quantitative estimate of drug-likeness (QED) is 0.390. The van der Waals surface area contributed by atoms with Gasteiger partial charge in [-0.3, -0.25) is 4.79 Å². The van der Waals surface area contributed by atoms with Gasteiger partial charge in [-0.05, 0) is 30.7 Å². The van der Waals surface area contributed by atoms with Gasteiger partial charge in [-0.15, -0.1) is 0 Å². The molecule has 0 aliphatic rings. The summed E-state index contributed by atoms with van der Waals surface area (Å²) in [5.41, 5.74) is 2.88. The van der Waals surface area contributed by atoms with Crippen molar-refractivity contribution >= 4 is 17.7 Å². The van der Waals surface area contributed by atoms with Crippen LogP contribution in [0.5, 0.6) is 5.75 Å². The van der Waals surface area contributed by atoms with Gasteiger partial charge in [-0.2, -0.15) is 0 Å². The number of aromatic nitrogens is 2. The number of ether oxygens (including phenoxy) is 2. The Bertz CT molecular complexity index is 911. The van der Waals surface area contributed by atoms with Crippen LogP contribution in [0.3, 0.4) is 0 Å². The van der Waals surface area contributed by atoms with Crippen LogP contribution in [0, 0.1) is 0 Å². The normalized spacial score (nSPS) is 10.7. The van der Waals surface area contributed by atoms with E-state index >= 15 is 0 Å². The first-order valence-corrected chi connectivity index (χ1v) is 10.4. The monoisotopic (exact) mass is 411 g/mol. The number of hydrogen-bond acceptors (Lipinski definition) is 5. The highest BCUT2D eigenvalue weighted by molar-refractivity contribution is 8.00. The fourth-order valence-corrected chi connectivity index (χ4v) is 3.62. The topological polar surface area (TPSA) is 76.2 Å². The number of aromatic amines is 1. The summed E-state index contributed by atoms with van der Waals surface area (Å²) in [7, 11) is 3.30. The Hall–Kier alpha value is -2.77. The molecule has 0 spiro atoms. The maximum atomic E-state index is 12.2. The van der Waals surface area contributed by atoms with Crippen molar-refractivity contribution in [2.24, 2.45) is 0 Å². The molecule has 0 fully saturated rings. The lowest BCUT2D eigenvalue weighted by Gasteiger charge is -2.06. The van der Waals surface area contributed by atoms with Crippen molar-refractivity contribution < 1.29 is 14.3 Å². The molecule has 29 heavy (non-hydrogen) atoms. The van der Waals surface area contributed by atoms with Crippen LogP contribution in [-0.2, 0) is 9.53 Å². The number of rotatable bonds is 10. The molecule has 1 heterocycles. The minimum Gasteiger partial charge on any atom is -0.497 e. The molecule has 0 radical (unpaired) electrons. The van der Waals surface area contributed by atoms with Crippen LogP contribution >= 0.6 is 11.8 Å². The second-order valence-corrected chi connectivity index (χ2v) is 7.31. The fourth-order valence-electron chi connectivity index (χ4n) is 2.78. The van der Waals surface area contributed by atoms with Crippen LogP contribution < -0.4 is 10.1 Å². The Morgan fingerprint density at radius 2 is 1.83 bits per heavy atom. The van der Waals surface area contributed by atoms with E-state index in [2.05, 4.69) is 10.3 Å². The third kappa shape index (κ3) is 5.85. The van der Waals surface area contributed by atoms with Gasteiger partial charge in [-0.25, -0.2) is 4.98 Å². The van der Waals surface area contributed by atoms with E-state index < -0.39 is 0 Å². The van der Waals surface area contributed by atoms with Crippen LogP contribution in [0.25, 0.3) is 22.6 Å². The second kappa shape index (κ2) is 10.7. The average Bonchev–Trinajstić information content (AvgIpc) is 3.20. The van der Waals surface area contributed by atoms with E-state index in [1.807, 2.05) is 54.6 Å². The molecule has 3 rings (SSSR count). The molecule has 2 N–H and O–H groups in total. The maximum absolute atomic E-state index is 12.2. The van der Waals surface area contributed by atoms with Crippen molar-refractivity contribution in [3.8, 4) is 28.4 Å². The molecule has 2 aromatic carbocycles. The number of amides is 1. The minimum absolute atomic E-state index is 0.0176. The van der Waals surface area contributed by atoms with E-state index in [0.717, 1.165) is 39.8 Å². The molecule has 3 aromatic rings.